The van der Waals surface area contributed by atoms with Gasteiger partial charge in [0.25, 0.3) is 0 Å². The van der Waals surface area contributed by atoms with E-state index in [-0.39, 0.29) is 31.0 Å². The van der Waals surface area contributed by atoms with Crippen molar-refractivity contribution in [3.05, 3.63) is 66.5 Å². The molecule has 2 fully saturated rings. The molecule has 2 unspecified atom stereocenters. The molecule has 2 N–H and O–H groups in total. The van der Waals surface area contributed by atoms with Crippen LogP contribution < -0.4 is 10.6 Å². The van der Waals surface area contributed by atoms with Crippen LogP contribution in [0.15, 0.2) is 59.8 Å². The number of pyridine rings is 1. The quantitative estimate of drug-likeness (QED) is 0.647. The highest BCUT2D eigenvalue weighted by Crippen LogP contribution is 2.47. The number of rotatable bonds is 4. The molecule has 7 nitrogen and oxygen atoms in total. The molecule has 1 aromatic heterocycles. The summed E-state index contributed by atoms with van der Waals surface area (Å²) in [6, 6.07) is 9.69. The van der Waals surface area contributed by atoms with Crippen LogP contribution in [0, 0.1) is 23.5 Å². The van der Waals surface area contributed by atoms with E-state index in [0.717, 1.165) is 33.3 Å². The first-order valence-electron chi connectivity index (χ1n) is 9.70. The minimum Gasteiger partial charge on any atom is -0.334 e. The maximum absolute atomic E-state index is 14.0. The second-order valence-electron chi connectivity index (χ2n) is 7.73. The first-order chi connectivity index (χ1) is 14.9. The molecular formula is C21H18F2N4O3S. The number of carbonyl (C=O) groups excluding carboxylic acids is 1. The highest BCUT2D eigenvalue weighted by molar-refractivity contribution is 7.89. The molecule has 2 heterocycles. The third-order valence-corrected chi connectivity index (χ3v) is 7.79. The molecule has 0 bridgehead atoms. The molecule has 31 heavy (non-hydrogen) atoms. The second-order valence-corrected chi connectivity index (χ2v) is 9.60. The topological polar surface area (TPSA) is 91.4 Å². The van der Waals surface area contributed by atoms with Crippen molar-refractivity contribution < 1.29 is 22.0 Å². The maximum Gasteiger partial charge on any atom is 0.319 e. The Labute approximate surface area is 177 Å². The zero-order valence-corrected chi connectivity index (χ0v) is 16.9. The molecule has 3 aromatic rings. The lowest BCUT2D eigenvalue weighted by Gasteiger charge is -2.20. The number of halogens is 2. The van der Waals surface area contributed by atoms with Gasteiger partial charge in [0, 0.05) is 42.3 Å². The number of carbonyl (C=O) groups is 1. The lowest BCUT2D eigenvalue weighted by Crippen LogP contribution is -2.39. The van der Waals surface area contributed by atoms with E-state index in [2.05, 4.69) is 15.6 Å². The average Bonchev–Trinajstić information content (AvgIpc) is 3.16. The molecule has 0 spiro atoms. The number of nitrogens with zero attached hydrogens (tertiary/aromatic N) is 2. The largest absolute Gasteiger partial charge is 0.334 e. The van der Waals surface area contributed by atoms with Gasteiger partial charge in [-0.05, 0) is 36.1 Å². The summed E-state index contributed by atoms with van der Waals surface area (Å²) >= 11 is 0. The fraction of sp³-hybridized carbons (Fsp3) is 0.238. The minimum atomic E-state index is -4.28. The number of fused-ring (bicyclic) bond motifs is 2. The van der Waals surface area contributed by atoms with Crippen molar-refractivity contribution in [1.82, 2.24) is 14.6 Å². The molecule has 2 aliphatic rings. The summed E-state index contributed by atoms with van der Waals surface area (Å²) < 4.78 is 54.4. The Bertz CT molecular complexity index is 1260. The molecular weight excluding hydrogens is 426 g/mol. The van der Waals surface area contributed by atoms with E-state index in [1.807, 2.05) is 12.1 Å². The van der Waals surface area contributed by atoms with Gasteiger partial charge in [0.15, 0.2) is 4.90 Å². The van der Waals surface area contributed by atoms with Gasteiger partial charge in [-0.15, -0.1) is 0 Å². The fourth-order valence-corrected chi connectivity index (χ4v) is 5.92. The number of nitrogens with one attached hydrogen (secondary N) is 2. The molecule has 2 atom stereocenters. The zero-order chi connectivity index (χ0) is 21.8. The molecule has 1 saturated carbocycles. The number of aromatic nitrogens is 1. The molecule has 0 radical (unpaired) electrons. The number of benzene rings is 2. The number of sulfonamides is 1. The van der Waals surface area contributed by atoms with Crippen LogP contribution in [0.3, 0.4) is 0 Å². The van der Waals surface area contributed by atoms with Gasteiger partial charge in [-0.2, -0.15) is 4.31 Å². The molecule has 2 aromatic carbocycles. The van der Waals surface area contributed by atoms with Gasteiger partial charge in [0.1, 0.15) is 11.6 Å². The predicted octanol–water partition coefficient (Wildman–Crippen LogP) is 2.95. The highest BCUT2D eigenvalue weighted by Gasteiger charge is 2.59. The summed E-state index contributed by atoms with van der Waals surface area (Å²) in [6.45, 7) is 0.206. The lowest BCUT2D eigenvalue weighted by atomic mass is 10.1. The number of hydrogen-bond donors (Lipinski definition) is 2. The van der Waals surface area contributed by atoms with Crippen LogP contribution in [0.1, 0.15) is 0 Å². The van der Waals surface area contributed by atoms with Crippen LogP contribution in [0.25, 0.3) is 10.8 Å². The fourth-order valence-electron chi connectivity index (χ4n) is 4.30. The van der Waals surface area contributed by atoms with Crippen molar-refractivity contribution >= 4 is 32.5 Å². The Morgan fingerprint density at radius 2 is 1.71 bits per heavy atom. The van der Waals surface area contributed by atoms with Crippen molar-refractivity contribution in [2.24, 2.45) is 11.8 Å². The van der Waals surface area contributed by atoms with E-state index in [9.17, 15) is 22.0 Å². The Morgan fingerprint density at radius 3 is 2.42 bits per heavy atom. The summed E-state index contributed by atoms with van der Waals surface area (Å²) in [7, 11) is -4.28. The molecule has 1 aliphatic heterocycles. The smallest absolute Gasteiger partial charge is 0.319 e. The van der Waals surface area contributed by atoms with Gasteiger partial charge in [-0.3, -0.25) is 4.98 Å². The molecule has 5 rings (SSSR count). The summed E-state index contributed by atoms with van der Waals surface area (Å²) in [5.41, 5.74) is 0.641. The second kappa shape index (κ2) is 7.24. The first kappa shape index (κ1) is 19.8. The van der Waals surface area contributed by atoms with E-state index in [0.29, 0.717) is 5.69 Å². The number of anilines is 1. The normalized spacial score (nSPS) is 22.8. The molecule has 10 heteroatoms. The van der Waals surface area contributed by atoms with Crippen molar-refractivity contribution in [3.63, 3.8) is 0 Å². The van der Waals surface area contributed by atoms with Gasteiger partial charge < -0.3 is 10.6 Å². The van der Waals surface area contributed by atoms with Crippen molar-refractivity contribution in [2.45, 2.75) is 10.9 Å². The highest BCUT2D eigenvalue weighted by atomic mass is 32.2. The van der Waals surface area contributed by atoms with Crippen molar-refractivity contribution in [3.8, 4) is 0 Å². The summed E-state index contributed by atoms with van der Waals surface area (Å²) in [6.07, 6.45) is 3.35. The number of amides is 2. The van der Waals surface area contributed by atoms with Crippen molar-refractivity contribution in [2.75, 3.05) is 18.4 Å². The molecule has 1 aliphatic carbocycles. The summed E-state index contributed by atoms with van der Waals surface area (Å²) in [5.74, 6) is -2.40. The van der Waals surface area contributed by atoms with Crippen LogP contribution in [0.2, 0.25) is 0 Å². The van der Waals surface area contributed by atoms with Crippen LogP contribution in [0.4, 0.5) is 19.3 Å². The zero-order valence-electron chi connectivity index (χ0n) is 16.1. The van der Waals surface area contributed by atoms with E-state index >= 15 is 0 Å². The van der Waals surface area contributed by atoms with E-state index in [4.69, 9.17) is 0 Å². The minimum absolute atomic E-state index is 0.0907. The van der Waals surface area contributed by atoms with Gasteiger partial charge in [0.2, 0.25) is 10.0 Å². The summed E-state index contributed by atoms with van der Waals surface area (Å²) in [4.78, 5) is 15.6. The first-order valence-corrected chi connectivity index (χ1v) is 11.1. The van der Waals surface area contributed by atoms with Crippen LogP contribution in [-0.4, -0.2) is 42.9 Å². The van der Waals surface area contributed by atoms with Gasteiger partial charge in [-0.25, -0.2) is 22.0 Å². The predicted molar refractivity (Wildman–Crippen MR) is 110 cm³/mol. The van der Waals surface area contributed by atoms with Crippen LogP contribution >= 0.6 is 0 Å². The van der Waals surface area contributed by atoms with Gasteiger partial charge >= 0.3 is 6.03 Å². The Balaban J connectivity index is 1.23. The van der Waals surface area contributed by atoms with E-state index < -0.39 is 32.6 Å². The Hall–Kier alpha value is -3.11. The number of urea groups is 1. The number of hydrogen-bond acceptors (Lipinski definition) is 4. The standard InChI is InChI=1S/C21H18F2N4O3S/c22-16-4-2-5-17(23)20(16)31(29,30)27-10-14-15(11-27)19(14)26-21(28)25-18-6-1-3-12-9-24-8-7-13(12)18/h1-9,14-15,19H,10-11H2,(H2,25,26,28). The monoisotopic (exact) mass is 444 g/mol. The maximum atomic E-state index is 14.0. The van der Waals surface area contributed by atoms with Crippen molar-refractivity contribution in [1.29, 1.82) is 0 Å². The van der Waals surface area contributed by atoms with Gasteiger partial charge in [0.05, 0.1) is 5.69 Å². The van der Waals surface area contributed by atoms with Gasteiger partial charge in [-0.1, -0.05) is 18.2 Å². The average molecular weight is 444 g/mol. The molecule has 2 amide bonds. The van der Waals surface area contributed by atoms with Crippen LogP contribution in [-0.2, 0) is 10.0 Å². The van der Waals surface area contributed by atoms with Crippen LogP contribution in [0.5, 0.6) is 0 Å². The molecule has 1 saturated heterocycles. The summed E-state index contributed by atoms with van der Waals surface area (Å²) in [5, 5.41) is 7.44. The van der Waals surface area contributed by atoms with E-state index in [1.54, 1.807) is 24.5 Å². The Kier molecular flexibility index (Phi) is 4.63. The molecule has 160 valence electrons. The Morgan fingerprint density at radius 1 is 1.03 bits per heavy atom. The number of piperidine rings is 1. The third kappa shape index (κ3) is 3.41. The lowest BCUT2D eigenvalue weighted by molar-refractivity contribution is 0.250. The van der Waals surface area contributed by atoms with E-state index in [1.165, 1.54) is 0 Å². The third-order valence-electron chi connectivity index (χ3n) is 5.90. The SMILES string of the molecule is O=C(Nc1cccc2cnccc12)NC1C2CN(S(=O)(=O)c3c(F)cccc3F)CC21.